The van der Waals surface area contributed by atoms with Gasteiger partial charge in [0.15, 0.2) is 0 Å². The highest BCUT2D eigenvalue weighted by Gasteiger charge is 2.26. The van der Waals surface area contributed by atoms with Crippen LogP contribution in [0, 0.1) is 13.8 Å². The lowest BCUT2D eigenvalue weighted by Gasteiger charge is -2.27. The minimum absolute atomic E-state index is 0.232. The van der Waals surface area contributed by atoms with E-state index >= 15 is 0 Å². The highest BCUT2D eigenvalue weighted by atomic mass is 32.2. The quantitative estimate of drug-likeness (QED) is 0.845. The Morgan fingerprint density at radius 1 is 1.23 bits per heavy atom. The number of carbonyl (C=O) groups excluding carboxylic acids is 1. The first-order valence-corrected chi connectivity index (χ1v) is 10.1. The van der Waals surface area contributed by atoms with Crippen molar-refractivity contribution in [3.63, 3.8) is 0 Å². The second-order valence-corrected chi connectivity index (χ2v) is 8.36. The zero-order chi connectivity index (χ0) is 18.9. The van der Waals surface area contributed by atoms with Gasteiger partial charge in [-0.3, -0.25) is 9.78 Å². The van der Waals surface area contributed by atoms with Crippen LogP contribution in [0.1, 0.15) is 38.4 Å². The average molecular weight is 375 g/mol. The minimum atomic E-state index is -3.27. The molecule has 0 aromatic carbocycles. The van der Waals surface area contributed by atoms with E-state index in [1.807, 2.05) is 13.8 Å². The molecule has 1 N–H and O–H groups in total. The molecule has 2 aromatic heterocycles. The first kappa shape index (κ1) is 18.4. The van der Waals surface area contributed by atoms with E-state index in [0.29, 0.717) is 25.1 Å². The van der Waals surface area contributed by atoms with Crippen LogP contribution >= 0.6 is 0 Å². The third-order valence-electron chi connectivity index (χ3n) is 4.62. The van der Waals surface area contributed by atoms with Crippen LogP contribution in [0.3, 0.4) is 0 Å². The summed E-state index contributed by atoms with van der Waals surface area (Å²) >= 11 is 0. The van der Waals surface area contributed by atoms with E-state index in [2.05, 4.69) is 20.3 Å². The standard InChI is InChI=1S/C17H21N5O3S/c1-11-15(12(2)21-10-20-11)8-19-17(23)16-7-18-6-13-9-22(26(3,24)25)5-4-14(13)16/h6-7,10H,4-5,8-9H2,1-3H3,(H,19,23). The lowest BCUT2D eigenvalue weighted by atomic mass is 9.98. The number of aromatic nitrogens is 3. The maximum Gasteiger partial charge on any atom is 0.253 e. The molecule has 3 rings (SSSR count). The highest BCUT2D eigenvalue weighted by Crippen LogP contribution is 2.23. The van der Waals surface area contributed by atoms with E-state index in [-0.39, 0.29) is 12.5 Å². The van der Waals surface area contributed by atoms with E-state index in [9.17, 15) is 13.2 Å². The topological polar surface area (TPSA) is 105 Å². The summed E-state index contributed by atoms with van der Waals surface area (Å²) < 4.78 is 24.9. The third-order valence-corrected chi connectivity index (χ3v) is 5.87. The molecule has 0 fully saturated rings. The second-order valence-electron chi connectivity index (χ2n) is 6.38. The number of hydrogen-bond acceptors (Lipinski definition) is 6. The average Bonchev–Trinajstić information content (AvgIpc) is 2.59. The molecule has 9 heteroatoms. The maximum atomic E-state index is 12.7. The molecule has 0 radical (unpaired) electrons. The van der Waals surface area contributed by atoms with Gasteiger partial charge in [0.05, 0.1) is 11.8 Å². The summed E-state index contributed by atoms with van der Waals surface area (Å²) in [5, 5.41) is 2.90. The predicted molar refractivity (Wildman–Crippen MR) is 95.9 cm³/mol. The molecule has 1 aliphatic rings. The molecule has 26 heavy (non-hydrogen) atoms. The fourth-order valence-corrected chi connectivity index (χ4v) is 3.88. The summed E-state index contributed by atoms with van der Waals surface area (Å²) in [4.78, 5) is 25.1. The Bertz CT molecular complexity index is 939. The van der Waals surface area contributed by atoms with Crippen LogP contribution in [0.4, 0.5) is 0 Å². The zero-order valence-electron chi connectivity index (χ0n) is 15.0. The summed E-state index contributed by atoms with van der Waals surface area (Å²) in [5.41, 5.74) is 4.66. The van der Waals surface area contributed by atoms with Crippen LogP contribution < -0.4 is 5.32 Å². The molecule has 1 amide bonds. The number of amides is 1. The molecule has 0 aliphatic carbocycles. The van der Waals surface area contributed by atoms with Crippen LogP contribution in [0.25, 0.3) is 0 Å². The van der Waals surface area contributed by atoms with Gasteiger partial charge in [-0.15, -0.1) is 0 Å². The molecule has 0 saturated heterocycles. The lowest BCUT2D eigenvalue weighted by molar-refractivity contribution is 0.0949. The highest BCUT2D eigenvalue weighted by molar-refractivity contribution is 7.88. The van der Waals surface area contributed by atoms with Gasteiger partial charge in [-0.05, 0) is 31.4 Å². The molecule has 0 atom stereocenters. The van der Waals surface area contributed by atoms with Gasteiger partial charge in [0.25, 0.3) is 5.91 Å². The fraction of sp³-hybridized carbons (Fsp3) is 0.412. The fourth-order valence-electron chi connectivity index (χ4n) is 3.09. The Kier molecular flexibility index (Phi) is 5.01. The van der Waals surface area contributed by atoms with Crippen molar-refractivity contribution in [1.82, 2.24) is 24.6 Å². The predicted octanol–water partition coefficient (Wildman–Crippen LogP) is 0.736. The maximum absolute atomic E-state index is 12.7. The van der Waals surface area contributed by atoms with Crippen molar-refractivity contribution in [3.05, 3.63) is 52.4 Å². The van der Waals surface area contributed by atoms with E-state index in [0.717, 1.165) is 28.1 Å². The van der Waals surface area contributed by atoms with E-state index < -0.39 is 10.0 Å². The van der Waals surface area contributed by atoms with Gasteiger partial charge in [-0.25, -0.2) is 18.4 Å². The number of nitrogens with zero attached hydrogens (tertiary/aromatic N) is 4. The molecule has 138 valence electrons. The Labute approximate surface area is 152 Å². The van der Waals surface area contributed by atoms with E-state index in [1.54, 1.807) is 6.20 Å². The summed E-state index contributed by atoms with van der Waals surface area (Å²) in [7, 11) is -3.27. The van der Waals surface area contributed by atoms with Crippen LogP contribution in [-0.4, -0.2) is 46.4 Å². The normalized spacial score (nSPS) is 14.7. The molecule has 0 bridgehead atoms. The van der Waals surface area contributed by atoms with Crippen molar-refractivity contribution in [3.8, 4) is 0 Å². The van der Waals surface area contributed by atoms with Crippen molar-refractivity contribution in [2.45, 2.75) is 33.4 Å². The van der Waals surface area contributed by atoms with Gasteiger partial charge < -0.3 is 5.32 Å². The number of nitrogens with one attached hydrogen (secondary N) is 1. The summed E-state index contributed by atoms with van der Waals surface area (Å²) in [6.45, 7) is 4.69. The summed E-state index contributed by atoms with van der Waals surface area (Å²) in [6.07, 6.45) is 6.34. The Balaban J connectivity index is 1.79. The smallest absolute Gasteiger partial charge is 0.253 e. The van der Waals surface area contributed by atoms with Gasteiger partial charge in [0, 0.05) is 49.0 Å². The molecule has 0 unspecified atom stereocenters. The van der Waals surface area contributed by atoms with Gasteiger partial charge in [-0.2, -0.15) is 4.31 Å². The first-order valence-electron chi connectivity index (χ1n) is 8.23. The molecular weight excluding hydrogens is 354 g/mol. The molecule has 1 aliphatic heterocycles. The molecule has 8 nitrogen and oxygen atoms in total. The van der Waals surface area contributed by atoms with Crippen molar-refractivity contribution in [1.29, 1.82) is 0 Å². The second kappa shape index (κ2) is 7.08. The number of aryl methyl sites for hydroxylation is 2. The number of pyridine rings is 1. The molecular formula is C17H21N5O3S. The first-order chi connectivity index (χ1) is 12.3. The summed E-state index contributed by atoms with van der Waals surface area (Å²) in [6, 6.07) is 0. The van der Waals surface area contributed by atoms with Crippen molar-refractivity contribution < 1.29 is 13.2 Å². The number of rotatable bonds is 4. The van der Waals surface area contributed by atoms with E-state index in [1.165, 1.54) is 23.1 Å². The van der Waals surface area contributed by atoms with Gasteiger partial charge in [0.1, 0.15) is 6.33 Å². The van der Waals surface area contributed by atoms with Crippen molar-refractivity contribution >= 4 is 15.9 Å². The summed E-state index contributed by atoms with van der Waals surface area (Å²) in [5.74, 6) is -0.232. The van der Waals surface area contributed by atoms with Crippen molar-refractivity contribution in [2.75, 3.05) is 12.8 Å². The number of fused-ring (bicyclic) bond motifs is 1. The molecule has 3 heterocycles. The largest absolute Gasteiger partial charge is 0.348 e. The SMILES string of the molecule is Cc1ncnc(C)c1CNC(=O)c1cncc2c1CCN(S(C)(=O)=O)C2. The minimum Gasteiger partial charge on any atom is -0.348 e. The number of sulfonamides is 1. The lowest BCUT2D eigenvalue weighted by Crippen LogP contribution is -2.36. The van der Waals surface area contributed by atoms with Gasteiger partial charge >= 0.3 is 0 Å². The Morgan fingerprint density at radius 3 is 2.58 bits per heavy atom. The monoisotopic (exact) mass is 375 g/mol. The molecule has 0 spiro atoms. The molecule has 0 saturated carbocycles. The van der Waals surface area contributed by atoms with Crippen molar-refractivity contribution in [2.24, 2.45) is 0 Å². The van der Waals surface area contributed by atoms with Gasteiger partial charge in [-0.1, -0.05) is 0 Å². The van der Waals surface area contributed by atoms with Crippen LogP contribution in [0.5, 0.6) is 0 Å². The number of carbonyl (C=O) groups is 1. The molecule has 2 aromatic rings. The number of hydrogen-bond donors (Lipinski definition) is 1. The van der Waals surface area contributed by atoms with Crippen LogP contribution in [0.15, 0.2) is 18.7 Å². The van der Waals surface area contributed by atoms with Crippen LogP contribution in [-0.2, 0) is 29.5 Å². The van der Waals surface area contributed by atoms with Crippen LogP contribution in [0.2, 0.25) is 0 Å². The Morgan fingerprint density at radius 2 is 1.92 bits per heavy atom. The van der Waals surface area contributed by atoms with Gasteiger partial charge in [0.2, 0.25) is 10.0 Å². The van der Waals surface area contributed by atoms with E-state index in [4.69, 9.17) is 0 Å². The zero-order valence-corrected chi connectivity index (χ0v) is 15.8. The Hall–Kier alpha value is -2.39. The third kappa shape index (κ3) is 3.73.